The topological polar surface area (TPSA) is 80.4 Å². The van der Waals surface area contributed by atoms with E-state index in [-0.39, 0.29) is 17.5 Å². The van der Waals surface area contributed by atoms with Gasteiger partial charge in [-0.05, 0) is 24.3 Å². The van der Waals surface area contributed by atoms with Gasteiger partial charge in [0.25, 0.3) is 5.69 Å². The molecule has 0 aliphatic heterocycles. The Balaban J connectivity index is 1.96. The smallest absolute Gasteiger partial charge is 0.303 e. The van der Waals surface area contributed by atoms with Crippen LogP contribution in [0.5, 0.6) is 0 Å². The van der Waals surface area contributed by atoms with E-state index in [4.69, 9.17) is 5.11 Å². The maximum absolute atomic E-state index is 10.7. The molecule has 18 heavy (non-hydrogen) atoms. The highest BCUT2D eigenvalue weighted by atomic mass is 32.2. The molecule has 0 radical (unpaired) electrons. The van der Waals surface area contributed by atoms with Gasteiger partial charge in [0.15, 0.2) is 0 Å². The van der Waals surface area contributed by atoms with E-state index in [0.29, 0.717) is 5.75 Å². The van der Waals surface area contributed by atoms with Crippen molar-refractivity contribution in [2.75, 3.05) is 5.75 Å². The van der Waals surface area contributed by atoms with Gasteiger partial charge in [-0.15, -0.1) is 11.8 Å². The van der Waals surface area contributed by atoms with Crippen LogP contribution in [0.25, 0.3) is 0 Å². The van der Waals surface area contributed by atoms with Gasteiger partial charge in [-0.3, -0.25) is 14.9 Å². The van der Waals surface area contributed by atoms with E-state index >= 15 is 0 Å². The molecule has 2 rings (SSSR count). The molecule has 5 nitrogen and oxygen atoms in total. The molecule has 1 N–H and O–H groups in total. The molecule has 0 heterocycles. The lowest BCUT2D eigenvalue weighted by molar-refractivity contribution is -0.385. The zero-order chi connectivity index (χ0) is 13.2. The first-order valence-corrected chi connectivity index (χ1v) is 6.58. The normalized spacial score (nSPS) is 16.2. The Morgan fingerprint density at radius 2 is 2.22 bits per heavy atom. The van der Waals surface area contributed by atoms with Crippen molar-refractivity contribution >= 4 is 23.4 Å². The van der Waals surface area contributed by atoms with Crippen LogP contribution in [0.3, 0.4) is 0 Å². The lowest BCUT2D eigenvalue weighted by atomic mass is 10.1. The van der Waals surface area contributed by atoms with Crippen molar-refractivity contribution in [3.8, 4) is 0 Å². The van der Waals surface area contributed by atoms with Gasteiger partial charge in [-0.25, -0.2) is 0 Å². The van der Waals surface area contributed by atoms with Gasteiger partial charge < -0.3 is 5.11 Å². The largest absolute Gasteiger partial charge is 0.481 e. The maximum Gasteiger partial charge on any atom is 0.303 e. The van der Waals surface area contributed by atoms with Gasteiger partial charge >= 0.3 is 5.97 Å². The van der Waals surface area contributed by atoms with Crippen LogP contribution in [0, 0.1) is 15.5 Å². The van der Waals surface area contributed by atoms with Crippen molar-refractivity contribution in [2.24, 2.45) is 5.41 Å². The number of carboxylic acids is 1. The van der Waals surface area contributed by atoms with Crippen molar-refractivity contribution in [2.45, 2.75) is 24.2 Å². The van der Waals surface area contributed by atoms with Crippen molar-refractivity contribution in [3.63, 3.8) is 0 Å². The number of hydrogen-bond donors (Lipinski definition) is 1. The second-order valence-electron chi connectivity index (χ2n) is 4.61. The average Bonchev–Trinajstić information content (AvgIpc) is 3.06. The summed E-state index contributed by atoms with van der Waals surface area (Å²) in [6, 6.07) is 6.45. The highest BCUT2D eigenvalue weighted by molar-refractivity contribution is 7.99. The average molecular weight is 267 g/mol. The minimum atomic E-state index is -0.771. The molecule has 1 aromatic carbocycles. The summed E-state index contributed by atoms with van der Waals surface area (Å²) in [5, 5.41) is 19.4. The highest BCUT2D eigenvalue weighted by Crippen LogP contribution is 2.52. The van der Waals surface area contributed by atoms with E-state index < -0.39 is 10.9 Å². The number of nitro benzene ring substituents is 1. The summed E-state index contributed by atoms with van der Waals surface area (Å²) in [6.07, 6.45) is 2.05. The Morgan fingerprint density at radius 3 is 2.78 bits per heavy atom. The Hall–Kier alpha value is -1.56. The third-order valence-electron chi connectivity index (χ3n) is 3.06. The molecule has 96 valence electrons. The van der Waals surface area contributed by atoms with Crippen LogP contribution in [-0.4, -0.2) is 21.8 Å². The third kappa shape index (κ3) is 3.22. The molecule has 1 aromatic rings. The number of carbonyl (C=O) groups is 1. The Labute approximate surface area is 108 Å². The molecule has 6 heteroatoms. The lowest BCUT2D eigenvalue weighted by Gasteiger charge is -2.11. The first-order valence-electron chi connectivity index (χ1n) is 5.60. The van der Waals surface area contributed by atoms with Gasteiger partial charge in [0.05, 0.1) is 11.3 Å². The van der Waals surface area contributed by atoms with Crippen LogP contribution < -0.4 is 0 Å². The number of rotatable bonds is 6. The van der Waals surface area contributed by atoms with E-state index in [1.807, 2.05) is 6.07 Å². The molecule has 1 aliphatic carbocycles. The van der Waals surface area contributed by atoms with E-state index in [0.717, 1.165) is 17.7 Å². The van der Waals surface area contributed by atoms with Gasteiger partial charge in [0.2, 0.25) is 0 Å². The number of thioether (sulfide) groups is 1. The summed E-state index contributed by atoms with van der Waals surface area (Å²) in [5.74, 6) is -0.0624. The minimum Gasteiger partial charge on any atom is -0.481 e. The molecular weight excluding hydrogens is 254 g/mol. The summed E-state index contributed by atoms with van der Waals surface area (Å²) in [6.45, 7) is 0. The van der Waals surface area contributed by atoms with Gasteiger partial charge in [0.1, 0.15) is 0 Å². The fraction of sp³-hybridized carbons (Fsp3) is 0.417. The zero-order valence-electron chi connectivity index (χ0n) is 9.67. The van der Waals surface area contributed by atoms with Crippen molar-refractivity contribution in [3.05, 3.63) is 34.4 Å². The molecule has 1 fully saturated rings. The third-order valence-corrected chi connectivity index (χ3v) is 4.40. The van der Waals surface area contributed by atoms with E-state index in [1.165, 1.54) is 23.9 Å². The molecule has 0 spiro atoms. The standard InChI is InChI=1S/C12H13NO4S/c14-11(15)7-12(4-5-12)8-18-10-3-1-2-9(6-10)13(16)17/h1-3,6H,4-5,7-8H2,(H,14,15). The first-order chi connectivity index (χ1) is 8.51. The van der Waals surface area contributed by atoms with Crippen LogP contribution in [0.1, 0.15) is 19.3 Å². The minimum absolute atomic E-state index is 0.0723. The number of hydrogen-bond acceptors (Lipinski definition) is 4. The molecule has 1 saturated carbocycles. The number of nitro groups is 1. The van der Waals surface area contributed by atoms with Gasteiger partial charge in [0, 0.05) is 22.8 Å². The molecule has 0 aromatic heterocycles. The number of benzene rings is 1. The highest BCUT2D eigenvalue weighted by Gasteiger charge is 2.44. The molecule has 0 bridgehead atoms. The van der Waals surface area contributed by atoms with Gasteiger partial charge in [-0.2, -0.15) is 0 Å². The SMILES string of the molecule is O=C(O)CC1(CSc2cccc([N+](=O)[O-])c2)CC1. The van der Waals surface area contributed by atoms with Crippen LogP contribution in [0.4, 0.5) is 5.69 Å². The van der Waals surface area contributed by atoms with E-state index in [9.17, 15) is 14.9 Å². The first kappa shape index (κ1) is 12.9. The number of carboxylic acid groups (broad SMARTS) is 1. The summed E-state index contributed by atoms with van der Waals surface area (Å²) in [4.78, 5) is 21.7. The number of nitrogens with zero attached hydrogens (tertiary/aromatic N) is 1. The lowest BCUT2D eigenvalue weighted by Crippen LogP contribution is -2.10. The van der Waals surface area contributed by atoms with Crippen LogP contribution in [0.15, 0.2) is 29.2 Å². The summed E-state index contributed by atoms with van der Waals surface area (Å²) < 4.78 is 0. The Kier molecular flexibility index (Phi) is 3.56. The molecule has 0 saturated heterocycles. The van der Waals surface area contributed by atoms with Crippen LogP contribution in [0.2, 0.25) is 0 Å². The fourth-order valence-corrected chi connectivity index (χ4v) is 3.04. The van der Waals surface area contributed by atoms with Crippen LogP contribution >= 0.6 is 11.8 Å². The van der Waals surface area contributed by atoms with Gasteiger partial charge in [-0.1, -0.05) is 6.07 Å². The molecule has 0 amide bonds. The van der Waals surface area contributed by atoms with E-state index in [1.54, 1.807) is 6.07 Å². The Bertz CT molecular complexity index is 485. The molecule has 1 aliphatic rings. The maximum atomic E-state index is 10.7. The van der Waals surface area contributed by atoms with Crippen molar-refractivity contribution in [1.82, 2.24) is 0 Å². The van der Waals surface area contributed by atoms with Crippen molar-refractivity contribution < 1.29 is 14.8 Å². The predicted molar refractivity (Wildman–Crippen MR) is 67.7 cm³/mol. The molecule has 0 unspecified atom stereocenters. The number of non-ortho nitro benzene ring substituents is 1. The summed E-state index contributed by atoms with van der Waals surface area (Å²) >= 11 is 1.50. The quantitative estimate of drug-likeness (QED) is 0.487. The van der Waals surface area contributed by atoms with Crippen molar-refractivity contribution in [1.29, 1.82) is 0 Å². The van der Waals surface area contributed by atoms with E-state index in [2.05, 4.69) is 0 Å². The molecule has 0 atom stereocenters. The summed E-state index contributed by atoms with van der Waals surface area (Å²) in [7, 11) is 0. The Morgan fingerprint density at radius 1 is 1.50 bits per heavy atom. The zero-order valence-corrected chi connectivity index (χ0v) is 10.5. The second kappa shape index (κ2) is 4.97. The molecular formula is C12H13NO4S. The predicted octanol–water partition coefficient (Wildman–Crippen LogP) is 2.94. The van der Waals surface area contributed by atoms with Crippen LogP contribution in [-0.2, 0) is 4.79 Å². The fourth-order valence-electron chi connectivity index (χ4n) is 1.79. The summed E-state index contributed by atoms with van der Waals surface area (Å²) in [5.41, 5.74) is -0.0238. The monoisotopic (exact) mass is 267 g/mol. The second-order valence-corrected chi connectivity index (χ2v) is 5.66. The number of aliphatic carboxylic acids is 1.